The average molecular weight is 421 g/mol. The number of rotatable bonds is 7. The summed E-state index contributed by atoms with van der Waals surface area (Å²) in [5, 5.41) is 2.84. The van der Waals surface area contributed by atoms with Crippen molar-refractivity contribution >= 4 is 11.8 Å². The quantitative estimate of drug-likeness (QED) is 0.731. The van der Waals surface area contributed by atoms with E-state index in [0.717, 1.165) is 36.9 Å². The summed E-state index contributed by atoms with van der Waals surface area (Å²) in [7, 11) is 0. The van der Waals surface area contributed by atoms with Crippen molar-refractivity contribution in [2.24, 2.45) is 5.92 Å². The van der Waals surface area contributed by atoms with Crippen molar-refractivity contribution in [2.45, 2.75) is 58.6 Å². The number of benzene rings is 2. The third-order valence-corrected chi connectivity index (χ3v) is 6.24. The van der Waals surface area contributed by atoms with Gasteiger partial charge in [-0.25, -0.2) is 0 Å². The molecule has 0 aromatic heterocycles. The summed E-state index contributed by atoms with van der Waals surface area (Å²) in [5.41, 5.74) is 4.66. The van der Waals surface area contributed by atoms with Crippen LogP contribution in [0.3, 0.4) is 0 Å². The van der Waals surface area contributed by atoms with Gasteiger partial charge in [-0.1, -0.05) is 42.8 Å². The Morgan fingerprint density at radius 3 is 2.52 bits per heavy atom. The zero-order chi connectivity index (χ0) is 22.0. The molecule has 2 aromatic carbocycles. The molecule has 1 aliphatic carbocycles. The van der Waals surface area contributed by atoms with E-state index in [9.17, 15) is 9.59 Å². The molecule has 0 spiro atoms. The Balaban J connectivity index is 1.69. The molecule has 5 nitrogen and oxygen atoms in total. The van der Waals surface area contributed by atoms with E-state index in [1.54, 1.807) is 0 Å². The lowest BCUT2D eigenvalue weighted by molar-refractivity contribution is -0.134. The van der Waals surface area contributed by atoms with Gasteiger partial charge in [-0.15, -0.1) is 0 Å². The second kappa shape index (κ2) is 9.13. The van der Waals surface area contributed by atoms with Gasteiger partial charge in [-0.2, -0.15) is 0 Å². The van der Waals surface area contributed by atoms with Crippen molar-refractivity contribution in [1.29, 1.82) is 0 Å². The summed E-state index contributed by atoms with van der Waals surface area (Å²) >= 11 is 0. The SMILES string of the molecule is CCNC(=O)C(CC)Oc1ccc2c(c1)C(c1ccc(C)cc1)N(C(=O)C1CC1)CC2. The average Bonchev–Trinajstić information content (AvgIpc) is 3.62. The number of carbonyl (C=O) groups is 2. The van der Waals surface area contributed by atoms with Crippen molar-refractivity contribution in [3.63, 3.8) is 0 Å². The molecule has 2 atom stereocenters. The second-order valence-corrected chi connectivity index (χ2v) is 8.64. The molecule has 2 aromatic rings. The van der Waals surface area contributed by atoms with Crippen molar-refractivity contribution in [2.75, 3.05) is 13.1 Å². The number of likely N-dealkylation sites (N-methyl/N-ethyl adjacent to an activating group) is 1. The topological polar surface area (TPSA) is 58.6 Å². The number of carbonyl (C=O) groups excluding carboxylic acids is 2. The first-order valence-corrected chi connectivity index (χ1v) is 11.5. The van der Waals surface area contributed by atoms with Gasteiger partial charge in [-0.05, 0) is 68.4 Å². The maximum atomic E-state index is 13.1. The normalized spacial score (nSPS) is 18.8. The van der Waals surface area contributed by atoms with Crippen LogP contribution < -0.4 is 10.1 Å². The fraction of sp³-hybridized carbons (Fsp3) is 0.462. The highest BCUT2D eigenvalue weighted by atomic mass is 16.5. The summed E-state index contributed by atoms with van der Waals surface area (Å²) in [6, 6.07) is 14.4. The number of nitrogens with zero attached hydrogens (tertiary/aromatic N) is 1. The van der Waals surface area contributed by atoms with Crippen molar-refractivity contribution < 1.29 is 14.3 Å². The van der Waals surface area contributed by atoms with Gasteiger partial charge in [0.25, 0.3) is 5.91 Å². The lowest BCUT2D eigenvalue weighted by Crippen LogP contribution is -2.41. The van der Waals surface area contributed by atoms with Gasteiger partial charge in [0.1, 0.15) is 5.75 Å². The van der Waals surface area contributed by atoms with Crippen molar-refractivity contribution in [1.82, 2.24) is 10.2 Å². The minimum absolute atomic E-state index is 0.0941. The lowest BCUT2D eigenvalue weighted by Gasteiger charge is -2.38. The molecule has 1 fully saturated rings. The van der Waals surface area contributed by atoms with Crippen LogP contribution in [0.2, 0.25) is 0 Å². The number of hydrogen-bond donors (Lipinski definition) is 1. The van der Waals surface area contributed by atoms with Gasteiger partial charge < -0.3 is 15.0 Å². The highest BCUT2D eigenvalue weighted by molar-refractivity contribution is 5.82. The maximum absolute atomic E-state index is 13.1. The van der Waals surface area contributed by atoms with E-state index >= 15 is 0 Å². The first kappa shape index (κ1) is 21.4. The molecule has 0 bridgehead atoms. The lowest BCUT2D eigenvalue weighted by atomic mass is 9.87. The molecule has 1 heterocycles. The summed E-state index contributed by atoms with van der Waals surface area (Å²) in [6.07, 6.45) is 2.90. The molecule has 1 saturated carbocycles. The molecule has 5 heteroatoms. The Hall–Kier alpha value is -2.82. The molecule has 2 unspecified atom stereocenters. The maximum Gasteiger partial charge on any atom is 0.261 e. The minimum atomic E-state index is -0.524. The summed E-state index contributed by atoms with van der Waals surface area (Å²) in [6.45, 7) is 7.24. The van der Waals surface area contributed by atoms with E-state index < -0.39 is 6.10 Å². The first-order valence-electron chi connectivity index (χ1n) is 11.5. The van der Waals surface area contributed by atoms with E-state index in [-0.39, 0.29) is 23.8 Å². The van der Waals surface area contributed by atoms with Crippen LogP contribution in [0.5, 0.6) is 5.75 Å². The second-order valence-electron chi connectivity index (χ2n) is 8.64. The van der Waals surface area contributed by atoms with Crippen molar-refractivity contribution in [3.05, 3.63) is 64.7 Å². The Kier molecular flexibility index (Phi) is 6.30. The molecule has 0 radical (unpaired) electrons. The predicted molar refractivity (Wildman–Crippen MR) is 121 cm³/mol. The predicted octanol–water partition coefficient (Wildman–Crippen LogP) is 4.17. The number of aryl methyl sites for hydroxylation is 1. The molecule has 2 aliphatic rings. The van der Waals surface area contributed by atoms with Gasteiger partial charge in [0.05, 0.1) is 6.04 Å². The van der Waals surface area contributed by atoms with E-state index in [4.69, 9.17) is 4.74 Å². The van der Waals surface area contributed by atoms with Gasteiger partial charge in [-0.3, -0.25) is 9.59 Å². The van der Waals surface area contributed by atoms with Crippen LogP contribution in [0.4, 0.5) is 0 Å². The number of hydrogen-bond acceptors (Lipinski definition) is 3. The van der Waals surface area contributed by atoms with Crippen LogP contribution in [0.25, 0.3) is 0 Å². The zero-order valence-corrected chi connectivity index (χ0v) is 18.7. The van der Waals surface area contributed by atoms with Gasteiger partial charge >= 0.3 is 0 Å². The number of fused-ring (bicyclic) bond motifs is 1. The standard InChI is InChI=1S/C26H32N2O3/c1-4-23(25(29)27-5-2)31-21-13-12-18-14-15-28(26(30)20-10-11-20)24(22(18)16-21)19-8-6-17(3)7-9-19/h6-9,12-13,16,20,23-24H,4-5,10-11,14-15H2,1-3H3,(H,27,29). The molecule has 4 rings (SSSR count). The highest BCUT2D eigenvalue weighted by Crippen LogP contribution is 2.41. The fourth-order valence-corrected chi connectivity index (χ4v) is 4.35. The zero-order valence-electron chi connectivity index (χ0n) is 18.7. The molecule has 0 saturated heterocycles. The first-order chi connectivity index (χ1) is 15.0. The molecule has 1 N–H and O–H groups in total. The van der Waals surface area contributed by atoms with Crippen LogP contribution >= 0.6 is 0 Å². The monoisotopic (exact) mass is 420 g/mol. The largest absolute Gasteiger partial charge is 0.481 e. The van der Waals surface area contributed by atoms with Crippen LogP contribution in [-0.4, -0.2) is 35.9 Å². The highest BCUT2D eigenvalue weighted by Gasteiger charge is 2.39. The minimum Gasteiger partial charge on any atom is -0.481 e. The molecule has 1 aliphatic heterocycles. The van der Waals surface area contributed by atoms with Gasteiger partial charge in [0.15, 0.2) is 6.10 Å². The molecular formula is C26H32N2O3. The van der Waals surface area contributed by atoms with Crippen LogP contribution in [-0.2, 0) is 16.0 Å². The molecular weight excluding hydrogens is 388 g/mol. The number of amides is 2. The number of nitrogens with one attached hydrogen (secondary N) is 1. The Bertz CT molecular complexity index is 950. The van der Waals surface area contributed by atoms with E-state index in [2.05, 4.69) is 47.5 Å². The molecule has 31 heavy (non-hydrogen) atoms. The van der Waals surface area contributed by atoms with Crippen molar-refractivity contribution in [3.8, 4) is 5.75 Å². The Labute approximate surface area is 184 Å². The van der Waals surface area contributed by atoms with Crippen LogP contribution in [0, 0.1) is 12.8 Å². The number of ether oxygens (including phenoxy) is 1. The van der Waals surface area contributed by atoms with E-state index in [1.165, 1.54) is 11.1 Å². The smallest absolute Gasteiger partial charge is 0.261 e. The van der Waals surface area contributed by atoms with Gasteiger partial charge in [0.2, 0.25) is 5.91 Å². The van der Waals surface area contributed by atoms with Gasteiger partial charge in [0, 0.05) is 19.0 Å². The third kappa shape index (κ3) is 4.60. The third-order valence-electron chi connectivity index (χ3n) is 6.24. The fourth-order valence-electron chi connectivity index (χ4n) is 4.35. The summed E-state index contributed by atoms with van der Waals surface area (Å²) < 4.78 is 6.09. The summed E-state index contributed by atoms with van der Waals surface area (Å²) in [5.74, 6) is 1.02. The molecule has 2 amide bonds. The van der Waals surface area contributed by atoms with E-state index in [1.807, 2.05) is 26.0 Å². The Morgan fingerprint density at radius 1 is 1.13 bits per heavy atom. The summed E-state index contributed by atoms with van der Waals surface area (Å²) in [4.78, 5) is 27.5. The van der Waals surface area contributed by atoms with E-state index in [0.29, 0.717) is 18.7 Å². The van der Waals surface area contributed by atoms with Crippen LogP contribution in [0.1, 0.15) is 61.4 Å². The molecule has 164 valence electrons. The van der Waals surface area contributed by atoms with Crippen LogP contribution in [0.15, 0.2) is 42.5 Å². The Morgan fingerprint density at radius 2 is 1.87 bits per heavy atom.